The Kier molecular flexibility index (Phi) is 4.15. The third-order valence-corrected chi connectivity index (χ3v) is 4.92. The van der Waals surface area contributed by atoms with Gasteiger partial charge >= 0.3 is 5.97 Å². The summed E-state index contributed by atoms with van der Waals surface area (Å²) in [6.07, 6.45) is 0. The van der Waals surface area contributed by atoms with Crippen LogP contribution in [0.2, 0.25) is 0 Å². The third kappa shape index (κ3) is 2.70. The number of carbonyl (C=O) groups excluding carboxylic acids is 1. The van der Waals surface area contributed by atoms with E-state index in [9.17, 15) is 13.2 Å². The van der Waals surface area contributed by atoms with Gasteiger partial charge in [-0.3, -0.25) is 4.79 Å². The van der Waals surface area contributed by atoms with Crippen LogP contribution in [-0.4, -0.2) is 52.5 Å². The van der Waals surface area contributed by atoms with E-state index in [1.807, 2.05) is 0 Å². The number of hydrogen-bond acceptors (Lipinski definition) is 6. The highest BCUT2D eigenvalue weighted by molar-refractivity contribution is 7.89. The maximum atomic E-state index is 12.5. The number of rotatable bonds is 3. The van der Waals surface area contributed by atoms with Gasteiger partial charge in [-0.1, -0.05) is 0 Å². The van der Waals surface area contributed by atoms with Crippen LogP contribution in [0.5, 0.6) is 5.75 Å². The molecule has 0 unspecified atom stereocenters. The lowest BCUT2D eigenvalue weighted by Gasteiger charge is -2.18. The summed E-state index contributed by atoms with van der Waals surface area (Å²) in [5.74, 6) is -0.0293. The van der Waals surface area contributed by atoms with Crippen LogP contribution < -0.4 is 10.1 Å². The number of carbonyl (C=O) groups is 1. The molecule has 1 heterocycles. The fraction of sp³-hybridized carbons (Fsp3) is 0.417. The van der Waals surface area contributed by atoms with Gasteiger partial charge in [0.25, 0.3) is 0 Å². The summed E-state index contributed by atoms with van der Waals surface area (Å²) in [6.45, 7) is 0.288. The SMILES string of the molecule is COC(=O)CN1CCNc2cc(OC)ccc2S1(=O)=O. The number of nitrogens with zero attached hydrogens (tertiary/aromatic N) is 1. The molecule has 0 spiro atoms. The second kappa shape index (κ2) is 5.68. The van der Waals surface area contributed by atoms with Crippen molar-refractivity contribution >= 4 is 21.7 Å². The van der Waals surface area contributed by atoms with Crippen LogP contribution in [0.1, 0.15) is 0 Å². The van der Waals surface area contributed by atoms with Gasteiger partial charge in [-0.15, -0.1) is 0 Å². The van der Waals surface area contributed by atoms with Crippen LogP contribution >= 0.6 is 0 Å². The number of hydrogen-bond donors (Lipinski definition) is 1. The Bertz CT molecular complexity index is 614. The average Bonchev–Trinajstić information content (AvgIpc) is 2.56. The van der Waals surface area contributed by atoms with Crippen molar-refractivity contribution in [1.29, 1.82) is 0 Å². The Morgan fingerprint density at radius 3 is 2.80 bits per heavy atom. The van der Waals surface area contributed by atoms with Crippen molar-refractivity contribution in [2.45, 2.75) is 4.90 Å². The van der Waals surface area contributed by atoms with E-state index in [1.165, 1.54) is 20.3 Å². The van der Waals surface area contributed by atoms with Gasteiger partial charge in [-0.2, -0.15) is 4.31 Å². The maximum absolute atomic E-state index is 12.5. The zero-order valence-electron chi connectivity index (χ0n) is 11.3. The molecule has 110 valence electrons. The molecule has 0 amide bonds. The van der Waals surface area contributed by atoms with E-state index < -0.39 is 16.0 Å². The first kappa shape index (κ1) is 14.6. The van der Waals surface area contributed by atoms with Crippen LogP contribution in [0.25, 0.3) is 0 Å². The Labute approximate surface area is 117 Å². The monoisotopic (exact) mass is 300 g/mol. The second-order valence-electron chi connectivity index (χ2n) is 4.20. The third-order valence-electron chi connectivity index (χ3n) is 3.01. The van der Waals surface area contributed by atoms with Crippen LogP contribution in [0, 0.1) is 0 Å². The predicted molar refractivity (Wildman–Crippen MR) is 72.3 cm³/mol. The smallest absolute Gasteiger partial charge is 0.321 e. The summed E-state index contributed by atoms with van der Waals surface area (Å²) in [5.41, 5.74) is 0.469. The highest BCUT2D eigenvalue weighted by Gasteiger charge is 2.31. The van der Waals surface area contributed by atoms with Crippen molar-refractivity contribution in [3.8, 4) is 5.75 Å². The standard InChI is InChI=1S/C12H16N2O5S/c1-18-9-3-4-11-10(7-9)13-5-6-14(20(11,16)17)8-12(15)19-2/h3-4,7,13H,5-6,8H2,1-2H3. The molecular formula is C12H16N2O5S. The predicted octanol–water partition coefficient (Wildman–Crippen LogP) is 0.284. The van der Waals surface area contributed by atoms with E-state index in [4.69, 9.17) is 4.74 Å². The highest BCUT2D eigenvalue weighted by Crippen LogP contribution is 2.30. The second-order valence-corrected chi connectivity index (χ2v) is 6.11. The molecule has 0 aliphatic carbocycles. The van der Waals surface area contributed by atoms with Crippen molar-refractivity contribution < 1.29 is 22.7 Å². The van der Waals surface area contributed by atoms with E-state index in [0.717, 1.165) is 4.31 Å². The molecule has 1 N–H and O–H groups in total. The van der Waals surface area contributed by atoms with Gasteiger partial charge in [0.15, 0.2) is 0 Å². The Morgan fingerprint density at radius 1 is 1.40 bits per heavy atom. The fourth-order valence-corrected chi connectivity index (χ4v) is 3.48. The molecule has 0 bridgehead atoms. The number of fused-ring (bicyclic) bond motifs is 1. The molecule has 1 aromatic carbocycles. The molecule has 0 fully saturated rings. The number of esters is 1. The van der Waals surface area contributed by atoms with Crippen molar-refractivity contribution in [2.24, 2.45) is 0 Å². The number of sulfonamides is 1. The van der Waals surface area contributed by atoms with Gasteiger partial charge in [0.05, 0.1) is 19.9 Å². The molecule has 20 heavy (non-hydrogen) atoms. The minimum absolute atomic E-state index is 0.125. The molecule has 1 aromatic rings. The van der Waals surface area contributed by atoms with Crippen LogP contribution in [0.15, 0.2) is 23.1 Å². The largest absolute Gasteiger partial charge is 0.497 e. The van der Waals surface area contributed by atoms with Gasteiger partial charge in [-0.25, -0.2) is 8.42 Å². The summed E-state index contributed by atoms with van der Waals surface area (Å²) < 4.78 is 35.7. The van der Waals surface area contributed by atoms with E-state index >= 15 is 0 Å². The lowest BCUT2D eigenvalue weighted by atomic mass is 10.3. The summed E-state index contributed by atoms with van der Waals surface area (Å²) in [4.78, 5) is 11.4. The fourth-order valence-electron chi connectivity index (χ4n) is 1.95. The molecule has 8 heteroatoms. The maximum Gasteiger partial charge on any atom is 0.321 e. The van der Waals surface area contributed by atoms with Crippen LogP contribution in [0.3, 0.4) is 0 Å². The van der Waals surface area contributed by atoms with E-state index in [2.05, 4.69) is 10.1 Å². The van der Waals surface area contributed by atoms with Gasteiger partial charge in [0.2, 0.25) is 10.0 Å². The van der Waals surface area contributed by atoms with Gasteiger partial charge in [-0.05, 0) is 12.1 Å². The molecule has 0 atom stereocenters. The summed E-state index contributed by atoms with van der Waals surface area (Å²) in [7, 11) is -0.999. The highest BCUT2D eigenvalue weighted by atomic mass is 32.2. The Hall–Kier alpha value is -1.80. The Morgan fingerprint density at radius 2 is 2.15 bits per heavy atom. The van der Waals surface area contributed by atoms with Crippen molar-refractivity contribution in [3.05, 3.63) is 18.2 Å². The first-order valence-corrected chi connectivity index (χ1v) is 7.42. The molecular weight excluding hydrogens is 284 g/mol. The number of benzene rings is 1. The van der Waals surface area contributed by atoms with Crippen molar-refractivity contribution in [3.63, 3.8) is 0 Å². The molecule has 0 aromatic heterocycles. The average molecular weight is 300 g/mol. The first-order chi connectivity index (χ1) is 9.48. The molecule has 0 saturated heterocycles. The first-order valence-electron chi connectivity index (χ1n) is 5.98. The number of methoxy groups -OCH3 is 2. The van der Waals surface area contributed by atoms with Gasteiger partial charge in [0, 0.05) is 19.2 Å². The topological polar surface area (TPSA) is 84.9 Å². The molecule has 0 radical (unpaired) electrons. The lowest BCUT2D eigenvalue weighted by molar-refractivity contribution is -0.140. The normalized spacial score (nSPS) is 17.5. The van der Waals surface area contributed by atoms with Crippen LogP contribution in [-0.2, 0) is 19.6 Å². The zero-order valence-corrected chi connectivity index (χ0v) is 12.1. The van der Waals surface area contributed by atoms with Gasteiger partial charge in [0.1, 0.15) is 17.2 Å². The lowest BCUT2D eigenvalue weighted by Crippen LogP contribution is -2.37. The molecule has 2 rings (SSSR count). The molecule has 0 saturated carbocycles. The molecule has 1 aliphatic rings. The summed E-state index contributed by atoms with van der Waals surface area (Å²) >= 11 is 0. The van der Waals surface area contributed by atoms with E-state index in [-0.39, 0.29) is 18.0 Å². The quantitative estimate of drug-likeness (QED) is 0.807. The zero-order chi connectivity index (χ0) is 14.8. The van der Waals surface area contributed by atoms with E-state index in [1.54, 1.807) is 12.1 Å². The van der Waals surface area contributed by atoms with E-state index in [0.29, 0.717) is 18.0 Å². The Balaban J connectivity index is 2.41. The number of nitrogens with one attached hydrogen (secondary N) is 1. The summed E-state index contributed by atoms with van der Waals surface area (Å²) in [6, 6.07) is 4.65. The van der Waals surface area contributed by atoms with Gasteiger partial charge < -0.3 is 14.8 Å². The van der Waals surface area contributed by atoms with Crippen molar-refractivity contribution in [2.75, 3.05) is 39.2 Å². The van der Waals surface area contributed by atoms with Crippen molar-refractivity contribution in [1.82, 2.24) is 4.31 Å². The minimum atomic E-state index is -3.74. The minimum Gasteiger partial charge on any atom is -0.497 e. The summed E-state index contributed by atoms with van der Waals surface area (Å²) in [5, 5.41) is 3.02. The number of ether oxygens (including phenoxy) is 2. The molecule has 7 nitrogen and oxygen atoms in total. The number of anilines is 1. The molecule has 1 aliphatic heterocycles. The van der Waals surface area contributed by atoms with Crippen LogP contribution in [0.4, 0.5) is 5.69 Å².